The highest BCUT2D eigenvalue weighted by atomic mass is 16.2. The van der Waals surface area contributed by atoms with Crippen molar-refractivity contribution in [2.24, 2.45) is 5.92 Å². The van der Waals surface area contributed by atoms with Crippen LogP contribution in [-0.2, 0) is 0 Å². The van der Waals surface area contributed by atoms with Gasteiger partial charge >= 0.3 is 0 Å². The Labute approximate surface area is 95.3 Å². The van der Waals surface area contributed by atoms with Crippen molar-refractivity contribution in [2.75, 3.05) is 0 Å². The highest BCUT2D eigenvalue weighted by molar-refractivity contribution is 4.96. The molecule has 0 rings (SSSR count). The largest absolute Gasteiger partial charge is 0.462 e. The molecule has 0 aliphatic rings. The fourth-order valence-corrected chi connectivity index (χ4v) is 1.90. The maximum Gasteiger partial charge on any atom is 0.107 e. The van der Waals surface area contributed by atoms with E-state index in [2.05, 4.69) is 25.9 Å². The monoisotopic (exact) mass is 210 g/mol. The van der Waals surface area contributed by atoms with Crippen molar-refractivity contribution in [3.05, 3.63) is 0 Å². The molecule has 0 heterocycles. The van der Waals surface area contributed by atoms with Crippen LogP contribution in [0, 0.1) is 17.9 Å². The van der Waals surface area contributed by atoms with Crippen LogP contribution in [0.5, 0.6) is 0 Å². The van der Waals surface area contributed by atoms with Crippen molar-refractivity contribution in [1.29, 1.82) is 0 Å². The van der Waals surface area contributed by atoms with Crippen LogP contribution in [0.2, 0.25) is 0 Å². The Balaban J connectivity index is 3.39. The predicted octanol–water partition coefficient (Wildman–Crippen LogP) is 4.49. The van der Waals surface area contributed by atoms with Crippen LogP contribution in [0.15, 0.2) is 0 Å². The van der Waals surface area contributed by atoms with Gasteiger partial charge in [0.15, 0.2) is 0 Å². The number of aliphatic hydroxyl groups is 1. The van der Waals surface area contributed by atoms with Crippen LogP contribution >= 0.6 is 0 Å². The molecule has 0 aromatic carbocycles. The second-order valence-electron chi connectivity index (χ2n) is 4.30. The zero-order valence-corrected chi connectivity index (χ0v) is 10.4. The number of hydrogen-bond donors (Lipinski definition) is 1. The lowest BCUT2D eigenvalue weighted by Gasteiger charge is -2.08. The first-order valence-electron chi connectivity index (χ1n) is 6.49. The fraction of sp³-hybridized carbons (Fsp3) is 0.857. The molecular formula is C14H26O. The van der Waals surface area contributed by atoms with Gasteiger partial charge in [0.2, 0.25) is 0 Å². The Morgan fingerprint density at radius 2 is 1.53 bits per heavy atom. The molecule has 1 heteroatoms. The summed E-state index contributed by atoms with van der Waals surface area (Å²) in [5.41, 5.74) is 0. The lowest BCUT2D eigenvalue weighted by Crippen LogP contribution is -1.96. The van der Waals surface area contributed by atoms with Crippen molar-refractivity contribution >= 4 is 0 Å². The van der Waals surface area contributed by atoms with Gasteiger partial charge in [0.25, 0.3) is 0 Å². The number of unbranched alkanes of at least 4 members (excludes halogenated alkanes) is 5. The minimum Gasteiger partial charge on any atom is -0.462 e. The molecule has 0 amide bonds. The van der Waals surface area contributed by atoms with Crippen LogP contribution in [0.3, 0.4) is 0 Å². The lowest BCUT2D eigenvalue weighted by atomic mass is 9.97. The van der Waals surface area contributed by atoms with E-state index < -0.39 is 0 Å². The molecule has 0 saturated heterocycles. The van der Waals surface area contributed by atoms with Crippen molar-refractivity contribution < 1.29 is 5.11 Å². The molecule has 1 unspecified atom stereocenters. The zero-order chi connectivity index (χ0) is 11.4. The summed E-state index contributed by atoms with van der Waals surface area (Å²) in [6.45, 7) is 4.42. The summed E-state index contributed by atoms with van der Waals surface area (Å²) in [7, 11) is 0. The Morgan fingerprint density at radius 1 is 0.867 bits per heavy atom. The molecule has 0 bridgehead atoms. The topological polar surface area (TPSA) is 20.2 Å². The van der Waals surface area contributed by atoms with E-state index in [4.69, 9.17) is 5.11 Å². The standard InChI is InChI=1S/C14H26O/c1-3-5-6-7-8-9-11-14(10-4-2)12-13-15/h14-15H,3-11H2,1-2H3. The third kappa shape index (κ3) is 9.66. The summed E-state index contributed by atoms with van der Waals surface area (Å²) in [5, 5.41) is 8.57. The minimum atomic E-state index is 0.422. The maximum atomic E-state index is 8.57. The van der Waals surface area contributed by atoms with Gasteiger partial charge in [-0.3, -0.25) is 0 Å². The molecule has 0 aromatic rings. The first-order chi connectivity index (χ1) is 7.35. The Hall–Kier alpha value is -0.640. The normalized spacial score (nSPS) is 11.9. The molecule has 0 saturated carbocycles. The van der Waals surface area contributed by atoms with Crippen LogP contribution < -0.4 is 0 Å². The average molecular weight is 210 g/mol. The Kier molecular flexibility index (Phi) is 10.9. The number of aliphatic hydroxyl groups excluding tert-OH is 1. The van der Waals surface area contributed by atoms with Gasteiger partial charge < -0.3 is 5.11 Å². The van der Waals surface area contributed by atoms with Crippen LogP contribution in [0.25, 0.3) is 0 Å². The zero-order valence-electron chi connectivity index (χ0n) is 10.4. The molecule has 1 N–H and O–H groups in total. The van der Waals surface area contributed by atoms with Crippen LogP contribution in [-0.4, -0.2) is 5.11 Å². The van der Waals surface area contributed by atoms with Gasteiger partial charge in [-0.05, 0) is 12.8 Å². The van der Waals surface area contributed by atoms with Crippen molar-refractivity contribution in [2.45, 2.75) is 71.6 Å². The Morgan fingerprint density at radius 3 is 2.13 bits per heavy atom. The van der Waals surface area contributed by atoms with Crippen molar-refractivity contribution in [1.82, 2.24) is 0 Å². The molecule has 15 heavy (non-hydrogen) atoms. The van der Waals surface area contributed by atoms with Crippen molar-refractivity contribution in [3.8, 4) is 12.0 Å². The summed E-state index contributed by atoms with van der Waals surface area (Å²) >= 11 is 0. The molecule has 0 radical (unpaired) electrons. The van der Waals surface area contributed by atoms with E-state index in [0.29, 0.717) is 5.92 Å². The number of hydrogen-bond acceptors (Lipinski definition) is 1. The fourth-order valence-electron chi connectivity index (χ4n) is 1.90. The summed E-state index contributed by atoms with van der Waals surface area (Å²) in [6.07, 6.45) is 13.5. The van der Waals surface area contributed by atoms with Gasteiger partial charge in [0, 0.05) is 5.92 Å². The first-order valence-corrected chi connectivity index (χ1v) is 6.49. The smallest absolute Gasteiger partial charge is 0.107 e. The summed E-state index contributed by atoms with van der Waals surface area (Å²) in [4.78, 5) is 0. The molecule has 88 valence electrons. The molecule has 0 aliphatic carbocycles. The lowest BCUT2D eigenvalue weighted by molar-refractivity contribution is 0.484. The van der Waals surface area contributed by atoms with Gasteiger partial charge in [0.1, 0.15) is 6.11 Å². The van der Waals surface area contributed by atoms with Gasteiger partial charge in [-0.2, -0.15) is 0 Å². The van der Waals surface area contributed by atoms with E-state index >= 15 is 0 Å². The third-order valence-electron chi connectivity index (χ3n) is 2.81. The van der Waals surface area contributed by atoms with E-state index in [1.807, 2.05) is 0 Å². The van der Waals surface area contributed by atoms with E-state index in [0.717, 1.165) is 19.3 Å². The molecule has 1 atom stereocenters. The SMILES string of the molecule is CCCCCCCCC(C#CO)CCC. The Bertz CT molecular complexity index is 176. The first kappa shape index (κ1) is 14.4. The van der Waals surface area contributed by atoms with E-state index in [9.17, 15) is 0 Å². The molecule has 0 spiro atoms. The van der Waals surface area contributed by atoms with E-state index in [1.54, 1.807) is 0 Å². The molecular weight excluding hydrogens is 184 g/mol. The van der Waals surface area contributed by atoms with E-state index in [-0.39, 0.29) is 0 Å². The maximum absolute atomic E-state index is 8.57. The molecule has 1 nitrogen and oxygen atoms in total. The summed E-state index contributed by atoms with van der Waals surface area (Å²) in [5.74, 6) is 3.31. The average Bonchev–Trinajstić information content (AvgIpc) is 2.24. The van der Waals surface area contributed by atoms with Gasteiger partial charge in [0.05, 0.1) is 0 Å². The van der Waals surface area contributed by atoms with E-state index in [1.165, 1.54) is 38.5 Å². The second kappa shape index (κ2) is 11.4. The number of rotatable bonds is 9. The van der Waals surface area contributed by atoms with Gasteiger partial charge in [-0.25, -0.2) is 0 Å². The minimum absolute atomic E-state index is 0.422. The quantitative estimate of drug-likeness (QED) is 0.439. The second-order valence-corrected chi connectivity index (χ2v) is 4.30. The molecule has 0 aromatic heterocycles. The third-order valence-corrected chi connectivity index (χ3v) is 2.81. The molecule has 0 fully saturated rings. The van der Waals surface area contributed by atoms with Crippen molar-refractivity contribution in [3.63, 3.8) is 0 Å². The molecule has 0 aliphatic heterocycles. The van der Waals surface area contributed by atoms with Crippen LogP contribution in [0.1, 0.15) is 71.6 Å². The van der Waals surface area contributed by atoms with Gasteiger partial charge in [-0.1, -0.05) is 64.7 Å². The van der Waals surface area contributed by atoms with Gasteiger partial charge in [-0.15, -0.1) is 0 Å². The summed E-state index contributed by atoms with van der Waals surface area (Å²) < 4.78 is 0. The summed E-state index contributed by atoms with van der Waals surface area (Å²) in [6, 6.07) is 0. The van der Waals surface area contributed by atoms with Crippen LogP contribution in [0.4, 0.5) is 0 Å². The predicted molar refractivity (Wildman–Crippen MR) is 66.1 cm³/mol. The highest BCUT2D eigenvalue weighted by Crippen LogP contribution is 2.15. The highest BCUT2D eigenvalue weighted by Gasteiger charge is 2.03.